The van der Waals surface area contributed by atoms with E-state index < -0.39 is 5.97 Å². The molecule has 0 aliphatic heterocycles. The zero-order valence-electron chi connectivity index (χ0n) is 11.2. The van der Waals surface area contributed by atoms with Crippen LogP contribution in [0.5, 0.6) is 0 Å². The summed E-state index contributed by atoms with van der Waals surface area (Å²) in [5, 5.41) is 13.1. The number of aromatic nitrogens is 1. The summed E-state index contributed by atoms with van der Waals surface area (Å²) in [6, 6.07) is 1.29. The van der Waals surface area contributed by atoms with Crippen molar-refractivity contribution in [3.05, 3.63) is 36.2 Å². The fourth-order valence-electron chi connectivity index (χ4n) is 1.17. The Balaban J connectivity index is 0.00000324. The first-order valence-corrected chi connectivity index (χ1v) is 5.27. The van der Waals surface area contributed by atoms with E-state index in [1.807, 2.05) is 19.0 Å². The number of aromatic carboxylic acids is 1. The Morgan fingerprint density at radius 2 is 2.11 bits per heavy atom. The first kappa shape index (κ1) is 17.4. The topological polar surface area (TPSA) is 85.4 Å². The average Bonchev–Trinajstić information content (AvgIpc) is 2.28. The molecule has 0 aliphatic rings. The van der Waals surface area contributed by atoms with E-state index in [9.17, 15) is 14.7 Å². The zero-order chi connectivity index (χ0) is 13.5. The number of pyridine rings is 1. The molecule has 96 valence electrons. The van der Waals surface area contributed by atoms with Gasteiger partial charge >= 0.3 is 18.9 Å². The Hall–Kier alpha value is -1.61. The van der Waals surface area contributed by atoms with Gasteiger partial charge in [-0.2, -0.15) is 0 Å². The second kappa shape index (κ2) is 8.48. The molecule has 1 rings (SSSR count). The van der Waals surface area contributed by atoms with Crippen molar-refractivity contribution in [3.63, 3.8) is 0 Å². The number of carbonyl (C=O) groups excluding carboxylic acids is 2. The number of amides is 1. The first-order valence-electron chi connectivity index (χ1n) is 5.27. The summed E-state index contributed by atoms with van der Waals surface area (Å²) >= 11 is 0. The normalized spacial score (nSPS) is 10.3. The number of hydrogen-bond donors (Lipinski definition) is 1. The van der Waals surface area contributed by atoms with Gasteiger partial charge in [-0.05, 0) is 20.2 Å². The zero-order valence-corrected chi connectivity index (χ0v) is 11.2. The SMILES string of the molecule is CN(C)C/C=C/C(=O)Nc1cncc(C(=O)[O-])c1.[Li+]. The molecule has 0 atom stereocenters. The van der Waals surface area contributed by atoms with Crippen molar-refractivity contribution in [2.24, 2.45) is 0 Å². The van der Waals surface area contributed by atoms with Crippen molar-refractivity contribution < 1.29 is 33.6 Å². The van der Waals surface area contributed by atoms with Gasteiger partial charge in [0.1, 0.15) is 0 Å². The third kappa shape index (κ3) is 6.77. The molecule has 1 heterocycles. The van der Waals surface area contributed by atoms with E-state index in [2.05, 4.69) is 10.3 Å². The molecule has 1 N–H and O–H groups in total. The minimum Gasteiger partial charge on any atom is -0.545 e. The number of nitrogens with zero attached hydrogens (tertiary/aromatic N) is 2. The molecule has 0 saturated carbocycles. The van der Waals surface area contributed by atoms with Gasteiger partial charge in [-0.1, -0.05) is 6.08 Å². The van der Waals surface area contributed by atoms with Crippen LogP contribution in [0.25, 0.3) is 0 Å². The summed E-state index contributed by atoms with van der Waals surface area (Å²) in [6.07, 6.45) is 5.61. The summed E-state index contributed by atoms with van der Waals surface area (Å²) in [6.45, 7) is 0.644. The molecule has 19 heavy (non-hydrogen) atoms. The molecule has 0 saturated heterocycles. The van der Waals surface area contributed by atoms with E-state index in [1.165, 1.54) is 18.3 Å². The summed E-state index contributed by atoms with van der Waals surface area (Å²) in [4.78, 5) is 27.7. The number of carbonyl (C=O) groups is 2. The number of rotatable bonds is 5. The Kier molecular flexibility index (Phi) is 7.76. The van der Waals surface area contributed by atoms with Gasteiger partial charge < -0.3 is 20.1 Å². The van der Waals surface area contributed by atoms with Crippen molar-refractivity contribution >= 4 is 17.6 Å². The van der Waals surface area contributed by atoms with Crippen LogP contribution in [0.4, 0.5) is 5.69 Å². The third-order valence-corrected chi connectivity index (χ3v) is 1.98. The first-order chi connectivity index (χ1) is 8.49. The van der Waals surface area contributed by atoms with E-state index >= 15 is 0 Å². The van der Waals surface area contributed by atoms with Crippen LogP contribution in [0.15, 0.2) is 30.6 Å². The number of nitrogens with one attached hydrogen (secondary N) is 1. The maximum atomic E-state index is 11.5. The molecule has 0 bridgehead atoms. The fourth-order valence-corrected chi connectivity index (χ4v) is 1.17. The maximum absolute atomic E-state index is 11.5. The van der Waals surface area contributed by atoms with Crippen LogP contribution >= 0.6 is 0 Å². The Labute approximate surface area is 123 Å². The Morgan fingerprint density at radius 3 is 2.68 bits per heavy atom. The molecular weight excluding hydrogens is 241 g/mol. The maximum Gasteiger partial charge on any atom is 1.00 e. The van der Waals surface area contributed by atoms with Gasteiger partial charge in [0.05, 0.1) is 17.9 Å². The van der Waals surface area contributed by atoms with Gasteiger partial charge in [0.2, 0.25) is 5.91 Å². The number of likely N-dealkylation sites (N-methyl/N-ethyl adjacent to an activating group) is 1. The quantitative estimate of drug-likeness (QED) is 0.436. The van der Waals surface area contributed by atoms with Gasteiger partial charge in [-0.25, -0.2) is 0 Å². The van der Waals surface area contributed by atoms with Gasteiger partial charge in [-0.15, -0.1) is 0 Å². The van der Waals surface area contributed by atoms with Crippen molar-refractivity contribution in [2.75, 3.05) is 26.0 Å². The number of hydrogen-bond acceptors (Lipinski definition) is 5. The molecular formula is C12H14LiN3O3. The van der Waals surface area contributed by atoms with Crippen molar-refractivity contribution in [1.29, 1.82) is 0 Å². The summed E-state index contributed by atoms with van der Waals surface area (Å²) in [7, 11) is 3.77. The van der Waals surface area contributed by atoms with Crippen LogP contribution in [0, 0.1) is 0 Å². The third-order valence-electron chi connectivity index (χ3n) is 1.98. The van der Waals surface area contributed by atoms with Crippen LogP contribution in [-0.2, 0) is 4.79 Å². The standard InChI is InChI=1S/C12H15N3O3.Li/c1-15(2)5-3-4-11(16)14-10-6-9(12(17)18)7-13-8-10;/h3-4,6-8H,5H2,1-2H3,(H,14,16)(H,17,18);/q;+1/p-1/b4-3+;. The number of anilines is 1. The van der Waals surface area contributed by atoms with Crippen LogP contribution < -0.4 is 29.3 Å². The van der Waals surface area contributed by atoms with E-state index in [4.69, 9.17) is 0 Å². The van der Waals surface area contributed by atoms with Gasteiger partial charge in [-0.3, -0.25) is 9.78 Å². The van der Waals surface area contributed by atoms with Gasteiger partial charge in [0, 0.05) is 24.4 Å². The molecule has 1 aromatic heterocycles. The van der Waals surface area contributed by atoms with Gasteiger partial charge in [0.25, 0.3) is 0 Å². The summed E-state index contributed by atoms with van der Waals surface area (Å²) in [5.74, 6) is -1.67. The van der Waals surface area contributed by atoms with Crippen molar-refractivity contribution in [3.8, 4) is 0 Å². The smallest absolute Gasteiger partial charge is 0.545 e. The van der Waals surface area contributed by atoms with Gasteiger partial charge in [0.15, 0.2) is 0 Å². The monoisotopic (exact) mass is 255 g/mol. The molecule has 0 radical (unpaired) electrons. The molecule has 6 nitrogen and oxygen atoms in total. The summed E-state index contributed by atoms with van der Waals surface area (Å²) < 4.78 is 0. The Morgan fingerprint density at radius 1 is 1.42 bits per heavy atom. The summed E-state index contributed by atoms with van der Waals surface area (Å²) in [5.41, 5.74) is 0.237. The van der Waals surface area contributed by atoms with E-state index in [-0.39, 0.29) is 30.3 Å². The van der Waals surface area contributed by atoms with Crippen LogP contribution in [0.3, 0.4) is 0 Å². The molecule has 0 aliphatic carbocycles. The number of carboxylic acids is 1. The van der Waals surface area contributed by atoms with Crippen molar-refractivity contribution in [2.45, 2.75) is 0 Å². The van der Waals surface area contributed by atoms with E-state index in [0.717, 1.165) is 6.20 Å². The Bertz CT molecular complexity index is 475. The molecule has 1 aromatic rings. The largest absolute Gasteiger partial charge is 1.00 e. The minimum absolute atomic E-state index is 0. The molecule has 0 aromatic carbocycles. The fraction of sp³-hybridized carbons (Fsp3) is 0.250. The molecule has 0 spiro atoms. The molecule has 0 fully saturated rings. The molecule has 7 heteroatoms. The predicted octanol–water partition coefficient (Wildman–Crippen LogP) is -3.49. The van der Waals surface area contributed by atoms with Crippen molar-refractivity contribution in [1.82, 2.24) is 9.88 Å². The van der Waals surface area contributed by atoms with E-state index in [1.54, 1.807) is 6.08 Å². The molecule has 0 unspecified atom stereocenters. The van der Waals surface area contributed by atoms with Crippen LogP contribution in [0.2, 0.25) is 0 Å². The minimum atomic E-state index is -1.33. The van der Waals surface area contributed by atoms with Crippen LogP contribution in [-0.4, -0.2) is 42.4 Å². The van der Waals surface area contributed by atoms with E-state index in [0.29, 0.717) is 12.2 Å². The molecule has 1 amide bonds. The predicted molar refractivity (Wildman–Crippen MR) is 64.9 cm³/mol. The average molecular weight is 255 g/mol. The van der Waals surface area contributed by atoms with Crippen LogP contribution in [0.1, 0.15) is 10.4 Å². The second-order valence-corrected chi connectivity index (χ2v) is 3.90. The number of carboxylic acid groups (broad SMARTS) is 1. The second-order valence-electron chi connectivity index (χ2n) is 3.90.